The van der Waals surface area contributed by atoms with Crippen LogP contribution >= 0.6 is 0 Å². The molecule has 26 heavy (non-hydrogen) atoms. The summed E-state index contributed by atoms with van der Waals surface area (Å²) in [6.45, 7) is 1.35. The highest BCUT2D eigenvalue weighted by molar-refractivity contribution is 5.85. The van der Waals surface area contributed by atoms with Crippen molar-refractivity contribution in [2.45, 2.75) is 38.5 Å². The number of rotatable bonds is 7. The smallest absolute Gasteiger partial charge is 0.230 e. The monoisotopic (exact) mass is 362 g/mol. The lowest BCUT2D eigenvalue weighted by Crippen LogP contribution is -2.49. The lowest BCUT2D eigenvalue weighted by atomic mass is 9.84. The Bertz CT molecular complexity index is 624. The van der Waals surface area contributed by atoms with Crippen LogP contribution in [0.1, 0.15) is 37.7 Å². The fourth-order valence-corrected chi connectivity index (χ4v) is 3.66. The maximum absolute atomic E-state index is 13.2. The second kappa shape index (κ2) is 9.55. The van der Waals surface area contributed by atoms with Crippen LogP contribution in [0.4, 0.5) is 4.39 Å². The van der Waals surface area contributed by atoms with Crippen molar-refractivity contribution in [3.63, 3.8) is 0 Å². The van der Waals surface area contributed by atoms with Gasteiger partial charge in [0.1, 0.15) is 5.82 Å². The molecule has 2 rings (SSSR count). The van der Waals surface area contributed by atoms with E-state index in [4.69, 9.17) is 0 Å². The van der Waals surface area contributed by atoms with Crippen LogP contribution in [0.3, 0.4) is 0 Å². The van der Waals surface area contributed by atoms with Crippen LogP contribution < -0.4 is 10.6 Å². The van der Waals surface area contributed by atoms with E-state index in [0.29, 0.717) is 12.5 Å². The van der Waals surface area contributed by atoms with Gasteiger partial charge in [0.2, 0.25) is 5.91 Å². The molecule has 0 aliphatic heterocycles. The largest absolute Gasteiger partial charge is 0.356 e. The van der Waals surface area contributed by atoms with Crippen molar-refractivity contribution in [3.05, 3.63) is 35.6 Å². The van der Waals surface area contributed by atoms with Crippen LogP contribution in [0.15, 0.2) is 29.3 Å². The molecule has 2 N–H and O–H groups in total. The Hall–Kier alpha value is -2.11. The Morgan fingerprint density at radius 2 is 2.00 bits per heavy atom. The molecule has 1 aromatic rings. The van der Waals surface area contributed by atoms with Gasteiger partial charge in [-0.3, -0.25) is 9.79 Å². The molecule has 0 heterocycles. The van der Waals surface area contributed by atoms with Gasteiger partial charge in [0.05, 0.1) is 5.41 Å². The number of hydrogen-bond acceptors (Lipinski definition) is 2. The third kappa shape index (κ3) is 5.44. The molecule has 0 aromatic heterocycles. The highest BCUT2D eigenvalue weighted by atomic mass is 19.1. The summed E-state index contributed by atoms with van der Waals surface area (Å²) in [7, 11) is 5.38. The van der Waals surface area contributed by atoms with E-state index in [-0.39, 0.29) is 17.1 Å². The summed E-state index contributed by atoms with van der Waals surface area (Å²) in [5, 5.41) is 6.61. The minimum atomic E-state index is -0.317. The fraction of sp³-hybridized carbons (Fsp3) is 0.600. The summed E-state index contributed by atoms with van der Waals surface area (Å²) < 4.78 is 13.2. The summed E-state index contributed by atoms with van der Waals surface area (Å²) >= 11 is 0. The lowest BCUT2D eigenvalue weighted by molar-refractivity contribution is -0.138. The molecule has 0 unspecified atom stereocenters. The van der Waals surface area contributed by atoms with Gasteiger partial charge in [0.25, 0.3) is 0 Å². The van der Waals surface area contributed by atoms with Crippen molar-refractivity contribution in [2.75, 3.05) is 34.2 Å². The zero-order valence-corrected chi connectivity index (χ0v) is 16.1. The first-order chi connectivity index (χ1) is 12.5. The third-order valence-corrected chi connectivity index (χ3v) is 5.06. The lowest BCUT2D eigenvalue weighted by Gasteiger charge is -2.31. The van der Waals surface area contributed by atoms with Gasteiger partial charge < -0.3 is 15.5 Å². The average molecular weight is 362 g/mol. The van der Waals surface area contributed by atoms with Crippen LogP contribution in [0, 0.1) is 11.2 Å². The molecule has 1 aliphatic carbocycles. The summed E-state index contributed by atoms with van der Waals surface area (Å²) in [4.78, 5) is 18.6. The maximum atomic E-state index is 13.2. The van der Waals surface area contributed by atoms with Gasteiger partial charge in [-0.15, -0.1) is 0 Å². The van der Waals surface area contributed by atoms with Crippen LogP contribution in [-0.2, 0) is 11.2 Å². The number of aliphatic imine (C=N–C) groups is 1. The summed E-state index contributed by atoms with van der Waals surface area (Å²) in [6, 6.07) is 6.71. The van der Waals surface area contributed by atoms with Crippen molar-refractivity contribution in [1.29, 1.82) is 0 Å². The molecular formula is C20H31FN4O. The quantitative estimate of drug-likeness (QED) is 0.445. The zero-order valence-electron chi connectivity index (χ0n) is 16.1. The number of nitrogens with one attached hydrogen (secondary N) is 2. The first-order valence-corrected chi connectivity index (χ1v) is 9.37. The molecule has 1 aromatic carbocycles. The van der Waals surface area contributed by atoms with Crippen molar-refractivity contribution in [2.24, 2.45) is 10.4 Å². The number of hydrogen-bond donors (Lipinski definition) is 2. The van der Waals surface area contributed by atoms with Crippen LogP contribution in [0.5, 0.6) is 0 Å². The highest BCUT2D eigenvalue weighted by Crippen LogP contribution is 2.38. The second-order valence-corrected chi connectivity index (χ2v) is 7.27. The van der Waals surface area contributed by atoms with Gasteiger partial charge in [0.15, 0.2) is 5.96 Å². The van der Waals surface area contributed by atoms with Gasteiger partial charge in [-0.05, 0) is 43.4 Å². The molecule has 0 bridgehead atoms. The first kappa shape index (κ1) is 20.2. The van der Waals surface area contributed by atoms with E-state index < -0.39 is 0 Å². The number of aryl methyl sites for hydroxylation is 1. The van der Waals surface area contributed by atoms with E-state index in [0.717, 1.165) is 50.6 Å². The van der Waals surface area contributed by atoms with E-state index in [1.807, 2.05) is 20.2 Å². The van der Waals surface area contributed by atoms with Crippen molar-refractivity contribution < 1.29 is 9.18 Å². The van der Waals surface area contributed by atoms with Crippen LogP contribution in [0.25, 0.3) is 0 Å². The molecule has 0 atom stereocenters. The van der Waals surface area contributed by atoms with Gasteiger partial charge >= 0.3 is 0 Å². The molecule has 5 nitrogen and oxygen atoms in total. The van der Waals surface area contributed by atoms with E-state index in [1.165, 1.54) is 6.07 Å². The topological polar surface area (TPSA) is 56.7 Å². The number of nitrogens with zero attached hydrogens (tertiary/aromatic N) is 2. The van der Waals surface area contributed by atoms with E-state index in [9.17, 15) is 9.18 Å². The summed E-state index contributed by atoms with van der Waals surface area (Å²) in [5.41, 5.74) is 0.680. The van der Waals surface area contributed by atoms with E-state index in [2.05, 4.69) is 15.6 Å². The van der Waals surface area contributed by atoms with E-state index in [1.54, 1.807) is 24.1 Å². The van der Waals surface area contributed by atoms with Crippen molar-refractivity contribution >= 4 is 11.9 Å². The van der Waals surface area contributed by atoms with Gasteiger partial charge in [-0.1, -0.05) is 25.0 Å². The summed E-state index contributed by atoms with van der Waals surface area (Å²) in [6.07, 6.45) is 5.74. The van der Waals surface area contributed by atoms with E-state index >= 15 is 0 Å². The molecule has 144 valence electrons. The van der Waals surface area contributed by atoms with Crippen LogP contribution in [-0.4, -0.2) is 51.0 Å². The number of halogens is 1. The highest BCUT2D eigenvalue weighted by Gasteiger charge is 2.42. The Morgan fingerprint density at radius 1 is 1.27 bits per heavy atom. The predicted molar refractivity (Wildman–Crippen MR) is 104 cm³/mol. The third-order valence-electron chi connectivity index (χ3n) is 5.06. The Balaban J connectivity index is 1.79. The van der Waals surface area contributed by atoms with Crippen LogP contribution in [0.2, 0.25) is 0 Å². The number of amides is 1. The second-order valence-electron chi connectivity index (χ2n) is 7.27. The molecule has 1 aliphatic rings. The molecular weight excluding hydrogens is 331 g/mol. The first-order valence-electron chi connectivity index (χ1n) is 9.37. The molecule has 0 spiro atoms. The minimum Gasteiger partial charge on any atom is -0.356 e. The predicted octanol–water partition coefficient (Wildman–Crippen LogP) is 2.57. The standard InChI is InChI=1S/C20H31FN4O/c1-22-19(23-13-7-9-16-8-6-10-17(21)14-16)24-15-20(11-4-5-12-20)18(26)25(2)3/h6,8,10,14H,4-5,7,9,11-13,15H2,1-3H3,(H2,22,23,24). The number of guanidine groups is 1. The average Bonchev–Trinajstić information content (AvgIpc) is 3.10. The Kier molecular flexibility index (Phi) is 7.42. The number of carbonyl (C=O) groups is 1. The molecule has 1 fully saturated rings. The molecule has 1 saturated carbocycles. The normalized spacial score (nSPS) is 16.4. The van der Waals surface area contributed by atoms with Gasteiger partial charge in [-0.2, -0.15) is 0 Å². The molecule has 0 saturated heterocycles. The Labute approximate surface area is 156 Å². The van der Waals surface area contributed by atoms with Gasteiger partial charge in [-0.25, -0.2) is 4.39 Å². The minimum absolute atomic E-state index is 0.194. The van der Waals surface area contributed by atoms with Crippen molar-refractivity contribution in [3.8, 4) is 0 Å². The molecule has 6 heteroatoms. The summed E-state index contributed by atoms with van der Waals surface area (Å²) in [5.74, 6) is 0.714. The SMILES string of the molecule is CN=C(NCCCc1cccc(F)c1)NCC1(C(=O)N(C)C)CCCC1. The molecule has 1 amide bonds. The maximum Gasteiger partial charge on any atom is 0.230 e. The Morgan fingerprint density at radius 3 is 2.62 bits per heavy atom. The number of carbonyl (C=O) groups excluding carboxylic acids is 1. The molecule has 0 radical (unpaired) electrons. The fourth-order valence-electron chi connectivity index (χ4n) is 3.66. The van der Waals surface area contributed by atoms with Crippen molar-refractivity contribution in [1.82, 2.24) is 15.5 Å². The van der Waals surface area contributed by atoms with Gasteiger partial charge in [0, 0.05) is 34.2 Å². The number of benzene rings is 1. The zero-order chi connectivity index (χ0) is 19.0.